The van der Waals surface area contributed by atoms with Crippen LogP contribution in [0.4, 0.5) is 11.8 Å². The zero-order valence-corrected chi connectivity index (χ0v) is 7.95. The van der Waals surface area contributed by atoms with Gasteiger partial charge in [-0.3, -0.25) is 0 Å². The number of nitrogens with two attached hydrogens (primary N) is 1. The summed E-state index contributed by atoms with van der Waals surface area (Å²) >= 11 is 0. The smallest absolute Gasteiger partial charge is 0.205 e. The Kier molecular flexibility index (Phi) is 2.12. The van der Waals surface area contributed by atoms with Gasteiger partial charge in [0.2, 0.25) is 5.95 Å². The van der Waals surface area contributed by atoms with Crippen molar-refractivity contribution < 1.29 is 0 Å². The fraction of sp³-hybridized carbons (Fsp3) is 0.667. The molecule has 0 bridgehead atoms. The quantitative estimate of drug-likeness (QED) is 0.740. The van der Waals surface area contributed by atoms with Crippen LogP contribution in [0.1, 0.15) is 26.2 Å². The first-order valence-corrected chi connectivity index (χ1v) is 4.88. The third-order valence-corrected chi connectivity index (χ3v) is 2.57. The fourth-order valence-electron chi connectivity index (χ4n) is 1.53. The van der Waals surface area contributed by atoms with Gasteiger partial charge in [0.05, 0.1) is 0 Å². The highest BCUT2D eigenvalue weighted by Crippen LogP contribution is 2.23. The minimum atomic E-state index is 0.601. The molecule has 0 amide bonds. The molecule has 0 saturated heterocycles. The Morgan fingerprint density at radius 2 is 2.46 bits per heavy atom. The third-order valence-electron chi connectivity index (χ3n) is 2.57. The normalized spacial score (nSPS) is 17.0. The van der Waals surface area contributed by atoms with Crippen molar-refractivity contribution in [3.8, 4) is 0 Å². The monoisotopic (exact) mass is 180 g/mol. The SMILES string of the molecule is CCn1cc(N)nc1NC1CCC1. The zero-order chi connectivity index (χ0) is 9.26. The molecule has 2 rings (SSSR count). The lowest BCUT2D eigenvalue weighted by molar-refractivity contribution is 0.441. The molecule has 1 fully saturated rings. The Morgan fingerprint density at radius 3 is 3.00 bits per heavy atom. The summed E-state index contributed by atoms with van der Waals surface area (Å²) in [5, 5.41) is 3.39. The number of aromatic nitrogens is 2. The molecular formula is C9H16N4. The summed E-state index contributed by atoms with van der Waals surface area (Å²) in [5.41, 5.74) is 5.62. The lowest BCUT2D eigenvalue weighted by atomic mass is 9.93. The van der Waals surface area contributed by atoms with E-state index in [2.05, 4.69) is 17.2 Å². The Morgan fingerprint density at radius 1 is 1.69 bits per heavy atom. The van der Waals surface area contributed by atoms with E-state index in [-0.39, 0.29) is 0 Å². The first kappa shape index (κ1) is 8.41. The van der Waals surface area contributed by atoms with Crippen LogP contribution in [0.3, 0.4) is 0 Å². The van der Waals surface area contributed by atoms with Crippen LogP contribution in [-0.2, 0) is 6.54 Å². The molecule has 1 heterocycles. The van der Waals surface area contributed by atoms with Crippen LogP contribution >= 0.6 is 0 Å². The molecule has 0 aliphatic heterocycles. The third kappa shape index (κ3) is 1.61. The highest BCUT2D eigenvalue weighted by atomic mass is 15.2. The van der Waals surface area contributed by atoms with E-state index in [1.165, 1.54) is 19.3 Å². The summed E-state index contributed by atoms with van der Waals surface area (Å²) in [5.74, 6) is 1.52. The van der Waals surface area contributed by atoms with Crippen LogP contribution < -0.4 is 11.1 Å². The number of imidazole rings is 1. The van der Waals surface area contributed by atoms with E-state index in [1.807, 2.05) is 10.8 Å². The highest BCUT2D eigenvalue weighted by molar-refractivity contribution is 5.39. The molecule has 0 unspecified atom stereocenters. The largest absolute Gasteiger partial charge is 0.382 e. The van der Waals surface area contributed by atoms with Crippen LogP contribution in [-0.4, -0.2) is 15.6 Å². The highest BCUT2D eigenvalue weighted by Gasteiger charge is 2.18. The van der Waals surface area contributed by atoms with Crippen molar-refractivity contribution in [1.29, 1.82) is 0 Å². The van der Waals surface area contributed by atoms with E-state index < -0.39 is 0 Å². The summed E-state index contributed by atoms with van der Waals surface area (Å²) in [6, 6.07) is 0.618. The van der Waals surface area contributed by atoms with Gasteiger partial charge in [-0.1, -0.05) is 0 Å². The molecule has 13 heavy (non-hydrogen) atoms. The zero-order valence-electron chi connectivity index (χ0n) is 7.95. The van der Waals surface area contributed by atoms with Crippen molar-refractivity contribution in [3.63, 3.8) is 0 Å². The number of anilines is 2. The predicted molar refractivity (Wildman–Crippen MR) is 53.6 cm³/mol. The number of hydrogen-bond donors (Lipinski definition) is 2. The number of aryl methyl sites for hydroxylation is 1. The van der Waals surface area contributed by atoms with Crippen molar-refractivity contribution in [2.45, 2.75) is 38.8 Å². The Bertz CT molecular complexity index is 288. The van der Waals surface area contributed by atoms with Gasteiger partial charge < -0.3 is 15.6 Å². The minimum absolute atomic E-state index is 0.601. The topological polar surface area (TPSA) is 55.9 Å². The maximum atomic E-state index is 5.62. The second-order valence-corrected chi connectivity index (χ2v) is 3.55. The molecular weight excluding hydrogens is 164 g/mol. The molecule has 0 radical (unpaired) electrons. The van der Waals surface area contributed by atoms with Crippen LogP contribution in [0.2, 0.25) is 0 Å². The predicted octanol–water partition coefficient (Wildman–Crippen LogP) is 1.45. The Balaban J connectivity index is 2.08. The van der Waals surface area contributed by atoms with Crippen molar-refractivity contribution in [1.82, 2.24) is 9.55 Å². The second-order valence-electron chi connectivity index (χ2n) is 3.55. The van der Waals surface area contributed by atoms with Crippen LogP contribution in [0, 0.1) is 0 Å². The van der Waals surface area contributed by atoms with Gasteiger partial charge in [-0.2, -0.15) is 4.98 Å². The van der Waals surface area contributed by atoms with Gasteiger partial charge in [-0.05, 0) is 26.2 Å². The molecule has 1 aromatic rings. The number of hydrogen-bond acceptors (Lipinski definition) is 3. The molecule has 4 nitrogen and oxygen atoms in total. The standard InChI is InChI=1S/C9H16N4/c1-2-13-6-8(10)12-9(13)11-7-4-3-5-7/h6-7H,2-5,10H2,1H3,(H,11,12). The number of rotatable bonds is 3. The van der Waals surface area contributed by atoms with Crippen molar-refractivity contribution in [2.24, 2.45) is 0 Å². The molecule has 1 saturated carbocycles. The average molecular weight is 180 g/mol. The van der Waals surface area contributed by atoms with Crippen LogP contribution in [0.15, 0.2) is 6.20 Å². The van der Waals surface area contributed by atoms with Crippen molar-refractivity contribution >= 4 is 11.8 Å². The summed E-state index contributed by atoms with van der Waals surface area (Å²) in [6.07, 6.45) is 5.73. The number of nitrogen functional groups attached to an aromatic ring is 1. The number of nitrogens with one attached hydrogen (secondary N) is 1. The summed E-state index contributed by atoms with van der Waals surface area (Å²) in [4.78, 5) is 4.23. The average Bonchev–Trinajstić information content (AvgIpc) is 2.38. The van der Waals surface area contributed by atoms with Gasteiger partial charge in [-0.25, -0.2) is 0 Å². The van der Waals surface area contributed by atoms with E-state index in [1.54, 1.807) is 0 Å². The second kappa shape index (κ2) is 3.28. The van der Waals surface area contributed by atoms with E-state index in [0.29, 0.717) is 11.9 Å². The molecule has 4 heteroatoms. The maximum Gasteiger partial charge on any atom is 0.205 e. The van der Waals surface area contributed by atoms with E-state index in [9.17, 15) is 0 Å². The summed E-state index contributed by atoms with van der Waals surface area (Å²) < 4.78 is 2.05. The van der Waals surface area contributed by atoms with E-state index >= 15 is 0 Å². The lowest BCUT2D eigenvalue weighted by Gasteiger charge is -2.26. The molecule has 3 N–H and O–H groups in total. The Labute approximate surface area is 78.1 Å². The van der Waals surface area contributed by atoms with Crippen LogP contribution in [0.25, 0.3) is 0 Å². The van der Waals surface area contributed by atoms with Crippen LogP contribution in [0.5, 0.6) is 0 Å². The minimum Gasteiger partial charge on any atom is -0.382 e. The fourth-order valence-corrected chi connectivity index (χ4v) is 1.53. The Hall–Kier alpha value is -1.19. The molecule has 1 aliphatic carbocycles. The van der Waals surface area contributed by atoms with Gasteiger partial charge in [0.1, 0.15) is 5.82 Å². The molecule has 1 aromatic heterocycles. The van der Waals surface area contributed by atoms with Gasteiger partial charge >= 0.3 is 0 Å². The van der Waals surface area contributed by atoms with Gasteiger partial charge in [0.25, 0.3) is 0 Å². The lowest BCUT2D eigenvalue weighted by Crippen LogP contribution is -2.28. The molecule has 0 spiro atoms. The van der Waals surface area contributed by atoms with Gasteiger partial charge in [-0.15, -0.1) is 0 Å². The first-order valence-electron chi connectivity index (χ1n) is 4.88. The molecule has 1 aliphatic rings. The van der Waals surface area contributed by atoms with Crippen molar-refractivity contribution in [2.75, 3.05) is 11.1 Å². The molecule has 0 atom stereocenters. The summed E-state index contributed by atoms with van der Waals surface area (Å²) in [7, 11) is 0. The van der Waals surface area contributed by atoms with Crippen molar-refractivity contribution in [3.05, 3.63) is 6.20 Å². The van der Waals surface area contributed by atoms with Gasteiger partial charge in [0, 0.05) is 18.8 Å². The van der Waals surface area contributed by atoms with Gasteiger partial charge in [0.15, 0.2) is 0 Å². The first-order chi connectivity index (χ1) is 6.29. The number of nitrogens with zero attached hydrogens (tertiary/aromatic N) is 2. The molecule has 0 aromatic carbocycles. The maximum absolute atomic E-state index is 5.62. The van der Waals surface area contributed by atoms with E-state index in [0.717, 1.165) is 12.5 Å². The summed E-state index contributed by atoms with van der Waals surface area (Å²) in [6.45, 7) is 3.01. The molecule has 72 valence electrons. The van der Waals surface area contributed by atoms with E-state index in [4.69, 9.17) is 5.73 Å².